The average molecular weight is 338 g/mol. The lowest BCUT2D eigenvalue weighted by Gasteiger charge is -2.30. The van der Waals surface area contributed by atoms with Gasteiger partial charge in [-0.05, 0) is 34.6 Å². The van der Waals surface area contributed by atoms with E-state index in [0.29, 0.717) is 0 Å². The molecule has 0 aromatic rings. The zero-order chi connectivity index (χ0) is 17.6. The zero-order valence-corrected chi connectivity index (χ0v) is 15.3. The SMILES string of the molecule is CCOP(=O)(OCC)C(C(=O)OC(C)(C)C)C(C)C(=O)OC. The quantitative estimate of drug-likeness (QED) is 0.496. The van der Waals surface area contributed by atoms with Crippen molar-refractivity contribution in [2.45, 2.75) is 52.8 Å². The molecule has 0 aliphatic rings. The molecule has 0 saturated carbocycles. The Morgan fingerprint density at radius 3 is 1.82 bits per heavy atom. The van der Waals surface area contributed by atoms with Crippen molar-refractivity contribution in [3.05, 3.63) is 0 Å². The first-order valence-electron chi connectivity index (χ1n) is 7.21. The number of methoxy groups -OCH3 is 1. The maximum Gasteiger partial charge on any atom is 0.345 e. The first-order chi connectivity index (χ1) is 10.0. The minimum Gasteiger partial charge on any atom is -0.469 e. The second-order valence-corrected chi connectivity index (χ2v) is 7.82. The Morgan fingerprint density at radius 2 is 1.50 bits per heavy atom. The Hall–Kier alpha value is -0.910. The highest BCUT2D eigenvalue weighted by Gasteiger charge is 2.49. The van der Waals surface area contributed by atoms with Gasteiger partial charge in [0.15, 0.2) is 5.66 Å². The number of rotatable bonds is 8. The predicted octanol–water partition coefficient (Wildman–Crippen LogP) is 2.77. The van der Waals surface area contributed by atoms with Crippen LogP contribution in [0.1, 0.15) is 41.5 Å². The molecule has 0 N–H and O–H groups in total. The summed E-state index contributed by atoms with van der Waals surface area (Å²) in [6.45, 7) is 9.87. The van der Waals surface area contributed by atoms with E-state index in [1.165, 1.54) is 14.0 Å². The monoisotopic (exact) mass is 338 g/mol. The summed E-state index contributed by atoms with van der Waals surface area (Å²) in [4.78, 5) is 24.3. The van der Waals surface area contributed by atoms with Gasteiger partial charge in [0, 0.05) is 0 Å². The molecule has 22 heavy (non-hydrogen) atoms. The van der Waals surface area contributed by atoms with Crippen LogP contribution in [0.15, 0.2) is 0 Å². The highest BCUT2D eigenvalue weighted by Crippen LogP contribution is 2.56. The molecule has 0 aliphatic carbocycles. The Labute approximate surface area is 132 Å². The van der Waals surface area contributed by atoms with E-state index in [1.807, 2.05) is 0 Å². The van der Waals surface area contributed by atoms with Crippen molar-refractivity contribution in [1.29, 1.82) is 0 Å². The highest BCUT2D eigenvalue weighted by atomic mass is 31.2. The lowest BCUT2D eigenvalue weighted by atomic mass is 10.1. The summed E-state index contributed by atoms with van der Waals surface area (Å²) in [6, 6.07) is 0. The Bertz CT molecular complexity index is 417. The van der Waals surface area contributed by atoms with Crippen molar-refractivity contribution in [3.63, 3.8) is 0 Å². The highest BCUT2D eigenvalue weighted by molar-refractivity contribution is 7.55. The third-order valence-corrected chi connectivity index (χ3v) is 5.23. The fourth-order valence-corrected chi connectivity index (χ4v) is 3.94. The lowest BCUT2D eigenvalue weighted by Crippen LogP contribution is -2.39. The molecular weight excluding hydrogens is 311 g/mol. The van der Waals surface area contributed by atoms with Gasteiger partial charge < -0.3 is 18.5 Å². The third-order valence-electron chi connectivity index (χ3n) is 2.65. The van der Waals surface area contributed by atoms with E-state index in [-0.39, 0.29) is 13.2 Å². The summed E-state index contributed by atoms with van der Waals surface area (Å²) in [5.41, 5.74) is -2.17. The van der Waals surface area contributed by atoms with Crippen molar-refractivity contribution in [2.75, 3.05) is 20.3 Å². The number of hydrogen-bond acceptors (Lipinski definition) is 7. The van der Waals surface area contributed by atoms with Crippen molar-refractivity contribution in [2.24, 2.45) is 5.92 Å². The number of carbonyl (C=O) groups is 2. The molecule has 0 saturated heterocycles. The van der Waals surface area contributed by atoms with Crippen molar-refractivity contribution in [1.82, 2.24) is 0 Å². The van der Waals surface area contributed by atoms with Crippen LogP contribution >= 0.6 is 7.60 Å². The molecule has 0 spiro atoms. The van der Waals surface area contributed by atoms with Crippen LogP contribution < -0.4 is 0 Å². The largest absolute Gasteiger partial charge is 0.469 e. The van der Waals surface area contributed by atoms with E-state index in [1.54, 1.807) is 34.6 Å². The van der Waals surface area contributed by atoms with Gasteiger partial charge in [-0.3, -0.25) is 14.2 Å². The van der Waals surface area contributed by atoms with Crippen molar-refractivity contribution >= 4 is 19.5 Å². The summed E-state index contributed by atoms with van der Waals surface area (Å²) < 4.78 is 33.3. The van der Waals surface area contributed by atoms with E-state index in [9.17, 15) is 14.2 Å². The van der Waals surface area contributed by atoms with Crippen LogP contribution in [-0.4, -0.2) is 43.5 Å². The first kappa shape index (κ1) is 21.1. The van der Waals surface area contributed by atoms with E-state index >= 15 is 0 Å². The minimum absolute atomic E-state index is 0.0739. The summed E-state index contributed by atoms with van der Waals surface area (Å²) in [5, 5.41) is 0. The summed E-state index contributed by atoms with van der Waals surface area (Å²) >= 11 is 0. The standard InChI is InChI=1S/C14H27O7P/c1-8-19-22(17,20-9-2)11(10(3)12(15)18-7)13(16)21-14(4,5)6/h10-11H,8-9H2,1-7H3. The molecule has 2 unspecified atom stereocenters. The smallest absolute Gasteiger partial charge is 0.345 e. The van der Waals surface area contributed by atoms with Gasteiger partial charge in [0.25, 0.3) is 0 Å². The van der Waals surface area contributed by atoms with Crippen LogP contribution in [0, 0.1) is 5.92 Å². The molecule has 0 aromatic carbocycles. The van der Waals surface area contributed by atoms with Gasteiger partial charge in [0.1, 0.15) is 5.60 Å². The minimum atomic E-state index is -3.87. The van der Waals surface area contributed by atoms with Gasteiger partial charge >= 0.3 is 19.5 Å². The van der Waals surface area contributed by atoms with Crippen LogP contribution in [0.5, 0.6) is 0 Å². The van der Waals surface area contributed by atoms with Crippen LogP contribution in [0.4, 0.5) is 0 Å². The van der Waals surface area contributed by atoms with Crippen LogP contribution in [0.2, 0.25) is 0 Å². The maximum absolute atomic E-state index is 12.9. The molecule has 0 rings (SSSR count). The van der Waals surface area contributed by atoms with Crippen molar-refractivity contribution in [3.8, 4) is 0 Å². The van der Waals surface area contributed by atoms with Gasteiger partial charge in [0.2, 0.25) is 0 Å². The number of esters is 2. The fraction of sp³-hybridized carbons (Fsp3) is 0.857. The molecule has 0 aromatic heterocycles. The van der Waals surface area contributed by atoms with Gasteiger partial charge in [-0.15, -0.1) is 0 Å². The maximum atomic E-state index is 12.9. The molecule has 8 heteroatoms. The Balaban J connectivity index is 5.71. The summed E-state index contributed by atoms with van der Waals surface area (Å²) in [6.07, 6.45) is 0. The second-order valence-electron chi connectivity index (χ2n) is 5.67. The third kappa shape index (κ3) is 6.07. The van der Waals surface area contributed by atoms with Gasteiger partial charge in [-0.2, -0.15) is 0 Å². The normalized spacial score (nSPS) is 15.0. The fourth-order valence-electron chi connectivity index (χ4n) is 1.84. The van der Waals surface area contributed by atoms with Gasteiger partial charge in [-0.25, -0.2) is 0 Å². The van der Waals surface area contributed by atoms with E-state index in [2.05, 4.69) is 4.74 Å². The van der Waals surface area contributed by atoms with E-state index < -0.39 is 36.7 Å². The van der Waals surface area contributed by atoms with Crippen LogP contribution in [-0.2, 0) is 32.7 Å². The molecule has 2 atom stereocenters. The predicted molar refractivity (Wildman–Crippen MR) is 81.7 cm³/mol. The number of hydrogen-bond donors (Lipinski definition) is 0. The molecule has 7 nitrogen and oxygen atoms in total. The van der Waals surface area contributed by atoms with Gasteiger partial charge in [-0.1, -0.05) is 6.92 Å². The molecule has 130 valence electrons. The second kappa shape index (κ2) is 8.65. The Kier molecular flexibility index (Phi) is 8.29. The number of ether oxygens (including phenoxy) is 2. The molecule has 0 amide bonds. The summed E-state index contributed by atoms with van der Waals surface area (Å²) in [7, 11) is -2.68. The molecule has 0 heterocycles. The van der Waals surface area contributed by atoms with Crippen LogP contribution in [0.25, 0.3) is 0 Å². The van der Waals surface area contributed by atoms with E-state index in [0.717, 1.165) is 0 Å². The average Bonchev–Trinajstić information content (AvgIpc) is 2.35. The zero-order valence-electron chi connectivity index (χ0n) is 14.4. The molecule has 0 fully saturated rings. The Morgan fingerprint density at radius 1 is 1.05 bits per heavy atom. The molecular formula is C14H27O7P. The molecule has 0 aliphatic heterocycles. The first-order valence-corrected chi connectivity index (χ1v) is 8.83. The lowest BCUT2D eigenvalue weighted by molar-refractivity contribution is -0.160. The molecule has 0 radical (unpaired) electrons. The number of carbonyl (C=O) groups excluding carboxylic acids is 2. The van der Waals surface area contributed by atoms with E-state index in [4.69, 9.17) is 13.8 Å². The van der Waals surface area contributed by atoms with Gasteiger partial charge in [0.05, 0.1) is 26.2 Å². The molecule has 0 bridgehead atoms. The topological polar surface area (TPSA) is 88.1 Å². The summed E-state index contributed by atoms with van der Waals surface area (Å²) in [5.74, 6) is -2.52. The van der Waals surface area contributed by atoms with Crippen LogP contribution in [0.3, 0.4) is 0 Å². The van der Waals surface area contributed by atoms with Crippen molar-refractivity contribution < 1.29 is 32.7 Å².